The zero-order valence-corrected chi connectivity index (χ0v) is 12.1. The van der Waals surface area contributed by atoms with Gasteiger partial charge in [0.2, 0.25) is 0 Å². The molecule has 0 aromatic heterocycles. The second-order valence-electron chi connectivity index (χ2n) is 5.77. The van der Waals surface area contributed by atoms with E-state index in [1.807, 2.05) is 0 Å². The molecule has 1 nitrogen and oxygen atoms in total. The summed E-state index contributed by atoms with van der Waals surface area (Å²) in [7, 11) is 0. The molecule has 4 rings (SSSR count). The summed E-state index contributed by atoms with van der Waals surface area (Å²) in [6, 6.07) is 24.2. The number of anilines is 1. The zero-order valence-electron chi connectivity index (χ0n) is 12.1. The van der Waals surface area contributed by atoms with Crippen molar-refractivity contribution in [2.24, 2.45) is 0 Å². The molecule has 1 saturated heterocycles. The molecule has 1 heterocycles. The molecular weight excluding hydrogens is 254 g/mol. The molecule has 0 saturated carbocycles. The summed E-state index contributed by atoms with van der Waals surface area (Å²) in [4.78, 5) is 2.48. The van der Waals surface area contributed by atoms with Gasteiger partial charge in [0.1, 0.15) is 0 Å². The third kappa shape index (κ3) is 2.29. The van der Waals surface area contributed by atoms with Crippen molar-refractivity contribution in [3.05, 3.63) is 66.7 Å². The first-order chi connectivity index (χ1) is 10.4. The van der Waals surface area contributed by atoms with Crippen molar-refractivity contribution in [3.8, 4) is 11.1 Å². The molecule has 0 amide bonds. The lowest BCUT2D eigenvalue weighted by atomic mass is 9.98. The SMILES string of the molecule is c1ccc2c(-c3ccc(N4CCCC4)cc3)cccc2c1. The minimum absolute atomic E-state index is 1.20. The molecule has 0 N–H and O–H groups in total. The summed E-state index contributed by atoms with van der Waals surface area (Å²) in [5.41, 5.74) is 3.98. The fraction of sp³-hybridized carbons (Fsp3) is 0.200. The van der Waals surface area contributed by atoms with Crippen LogP contribution < -0.4 is 4.90 Å². The van der Waals surface area contributed by atoms with Gasteiger partial charge >= 0.3 is 0 Å². The number of fused-ring (bicyclic) bond motifs is 1. The van der Waals surface area contributed by atoms with Gasteiger partial charge in [-0.25, -0.2) is 0 Å². The van der Waals surface area contributed by atoms with Crippen LogP contribution in [0.4, 0.5) is 5.69 Å². The summed E-state index contributed by atoms with van der Waals surface area (Å²) < 4.78 is 0. The van der Waals surface area contributed by atoms with Crippen molar-refractivity contribution < 1.29 is 0 Å². The van der Waals surface area contributed by atoms with E-state index >= 15 is 0 Å². The van der Waals surface area contributed by atoms with E-state index in [1.54, 1.807) is 0 Å². The lowest BCUT2D eigenvalue weighted by Gasteiger charge is -2.18. The third-order valence-electron chi connectivity index (χ3n) is 4.44. The molecule has 0 atom stereocenters. The zero-order chi connectivity index (χ0) is 14.1. The van der Waals surface area contributed by atoms with Gasteiger partial charge in [0.05, 0.1) is 0 Å². The molecule has 0 radical (unpaired) electrons. The molecule has 0 bridgehead atoms. The Kier molecular flexibility index (Phi) is 3.11. The Morgan fingerprint density at radius 2 is 1.38 bits per heavy atom. The first kappa shape index (κ1) is 12.5. The maximum Gasteiger partial charge on any atom is 0.0366 e. The monoisotopic (exact) mass is 273 g/mol. The first-order valence-corrected chi connectivity index (χ1v) is 7.75. The summed E-state index contributed by atoms with van der Waals surface area (Å²) in [5.74, 6) is 0. The Morgan fingerprint density at radius 3 is 2.19 bits per heavy atom. The quantitative estimate of drug-likeness (QED) is 0.627. The molecule has 1 aliphatic heterocycles. The second kappa shape index (κ2) is 5.25. The van der Waals surface area contributed by atoms with E-state index in [1.165, 1.54) is 53.5 Å². The van der Waals surface area contributed by atoms with E-state index in [0.29, 0.717) is 0 Å². The van der Waals surface area contributed by atoms with Gasteiger partial charge in [0.25, 0.3) is 0 Å². The molecule has 3 aromatic carbocycles. The highest BCUT2D eigenvalue weighted by Gasteiger charge is 2.12. The maximum atomic E-state index is 2.48. The molecule has 3 aromatic rings. The molecule has 1 fully saturated rings. The Morgan fingerprint density at radius 1 is 0.667 bits per heavy atom. The van der Waals surface area contributed by atoms with E-state index in [-0.39, 0.29) is 0 Å². The van der Waals surface area contributed by atoms with Crippen molar-refractivity contribution in [2.45, 2.75) is 12.8 Å². The van der Waals surface area contributed by atoms with Crippen LogP contribution in [-0.4, -0.2) is 13.1 Å². The summed E-state index contributed by atoms with van der Waals surface area (Å²) in [5, 5.41) is 2.63. The Hall–Kier alpha value is -2.28. The average molecular weight is 273 g/mol. The summed E-state index contributed by atoms with van der Waals surface area (Å²) in [6.45, 7) is 2.40. The minimum atomic E-state index is 1.20. The molecule has 0 spiro atoms. The number of hydrogen-bond acceptors (Lipinski definition) is 1. The van der Waals surface area contributed by atoms with Crippen LogP contribution in [0, 0.1) is 0 Å². The van der Waals surface area contributed by atoms with E-state index in [4.69, 9.17) is 0 Å². The van der Waals surface area contributed by atoms with Gasteiger partial charge in [-0.1, -0.05) is 54.6 Å². The third-order valence-corrected chi connectivity index (χ3v) is 4.44. The van der Waals surface area contributed by atoms with Gasteiger partial charge in [0, 0.05) is 18.8 Å². The van der Waals surface area contributed by atoms with Crippen LogP contribution in [0.1, 0.15) is 12.8 Å². The highest BCUT2D eigenvalue weighted by Crippen LogP contribution is 2.30. The van der Waals surface area contributed by atoms with E-state index < -0.39 is 0 Å². The number of nitrogens with zero attached hydrogens (tertiary/aromatic N) is 1. The summed E-state index contributed by atoms with van der Waals surface area (Å²) >= 11 is 0. The van der Waals surface area contributed by atoms with Crippen LogP contribution in [0.25, 0.3) is 21.9 Å². The molecule has 104 valence electrons. The molecular formula is C20H19N. The lowest BCUT2D eigenvalue weighted by molar-refractivity contribution is 0.949. The fourth-order valence-electron chi connectivity index (χ4n) is 3.30. The van der Waals surface area contributed by atoms with Crippen LogP contribution in [0.3, 0.4) is 0 Å². The normalized spacial score (nSPS) is 14.8. The van der Waals surface area contributed by atoms with Gasteiger partial charge in [-0.15, -0.1) is 0 Å². The summed E-state index contributed by atoms with van der Waals surface area (Å²) in [6.07, 6.45) is 2.65. The van der Waals surface area contributed by atoms with Gasteiger partial charge in [-0.3, -0.25) is 0 Å². The van der Waals surface area contributed by atoms with E-state index in [9.17, 15) is 0 Å². The van der Waals surface area contributed by atoms with Gasteiger partial charge < -0.3 is 4.90 Å². The number of rotatable bonds is 2. The highest BCUT2D eigenvalue weighted by atomic mass is 15.1. The highest BCUT2D eigenvalue weighted by molar-refractivity contribution is 5.96. The Balaban J connectivity index is 1.75. The van der Waals surface area contributed by atoms with Crippen molar-refractivity contribution in [2.75, 3.05) is 18.0 Å². The van der Waals surface area contributed by atoms with Gasteiger partial charge in [-0.05, 0) is 46.9 Å². The minimum Gasteiger partial charge on any atom is -0.372 e. The molecule has 0 unspecified atom stereocenters. The van der Waals surface area contributed by atoms with Crippen LogP contribution in [0.5, 0.6) is 0 Å². The second-order valence-corrected chi connectivity index (χ2v) is 5.77. The van der Waals surface area contributed by atoms with Gasteiger partial charge in [0.15, 0.2) is 0 Å². The average Bonchev–Trinajstić information content (AvgIpc) is 3.09. The van der Waals surface area contributed by atoms with Crippen molar-refractivity contribution >= 4 is 16.5 Å². The lowest BCUT2D eigenvalue weighted by Crippen LogP contribution is -2.17. The largest absolute Gasteiger partial charge is 0.372 e. The number of benzene rings is 3. The maximum absolute atomic E-state index is 2.48. The van der Waals surface area contributed by atoms with Gasteiger partial charge in [-0.2, -0.15) is 0 Å². The molecule has 21 heavy (non-hydrogen) atoms. The van der Waals surface area contributed by atoms with Crippen molar-refractivity contribution in [1.29, 1.82) is 0 Å². The predicted octanol–water partition coefficient (Wildman–Crippen LogP) is 5.11. The Bertz CT molecular complexity index is 747. The standard InChI is InChI=1S/C20H19N/c1-2-8-19-16(6-1)7-5-9-20(19)17-10-12-18(13-11-17)21-14-3-4-15-21/h1-2,5-13H,3-4,14-15H2. The fourth-order valence-corrected chi connectivity index (χ4v) is 3.30. The van der Waals surface area contributed by atoms with Crippen LogP contribution in [-0.2, 0) is 0 Å². The van der Waals surface area contributed by atoms with E-state index in [0.717, 1.165) is 0 Å². The topological polar surface area (TPSA) is 3.24 Å². The van der Waals surface area contributed by atoms with Crippen molar-refractivity contribution in [1.82, 2.24) is 0 Å². The molecule has 1 heteroatoms. The van der Waals surface area contributed by atoms with Crippen LogP contribution in [0.2, 0.25) is 0 Å². The van der Waals surface area contributed by atoms with Crippen LogP contribution in [0.15, 0.2) is 66.7 Å². The van der Waals surface area contributed by atoms with Crippen LogP contribution >= 0.6 is 0 Å². The molecule has 1 aliphatic rings. The van der Waals surface area contributed by atoms with Crippen molar-refractivity contribution in [3.63, 3.8) is 0 Å². The predicted molar refractivity (Wildman–Crippen MR) is 90.8 cm³/mol. The van der Waals surface area contributed by atoms with E-state index in [2.05, 4.69) is 71.6 Å². The molecule has 0 aliphatic carbocycles. The Labute approximate surface area is 125 Å². The smallest absolute Gasteiger partial charge is 0.0366 e. The first-order valence-electron chi connectivity index (χ1n) is 7.75. The number of hydrogen-bond donors (Lipinski definition) is 0.